The molecule has 1 N–H and O–H groups in total. The lowest BCUT2D eigenvalue weighted by Crippen LogP contribution is -2.19. The number of carbonyl (C=O) groups is 2. The predicted octanol–water partition coefficient (Wildman–Crippen LogP) is 4.53. The Kier molecular flexibility index (Phi) is 7.58. The first-order valence-electron chi connectivity index (χ1n) is 10.1. The number of nitrogens with one attached hydrogen (secondary N) is 1. The number of hydrogen-bond acceptors (Lipinski definition) is 7. The molecule has 1 aliphatic heterocycles. The molecular weight excluding hydrogens is 428 g/mol. The highest BCUT2D eigenvalue weighted by Crippen LogP contribution is 2.32. The first-order valence-corrected chi connectivity index (χ1v) is 10.9. The van der Waals surface area contributed by atoms with Crippen molar-refractivity contribution >= 4 is 40.6 Å². The standard InChI is InChI=1S/C24H26N2O5S/c1-14(2)31-22(27)13-30-19-9-7-17(11-20(19)29-5)12-21-23(28)26-24(32-21)25-18-8-6-15(3)10-16(18)4/h6-12,14H,13H2,1-5H3,(H,25,26,28)/b21-12+. The van der Waals surface area contributed by atoms with E-state index in [0.717, 1.165) is 22.4 Å². The van der Waals surface area contributed by atoms with E-state index in [1.54, 1.807) is 38.1 Å². The Morgan fingerprint density at radius 3 is 2.62 bits per heavy atom. The van der Waals surface area contributed by atoms with Crippen LogP contribution in [-0.4, -0.2) is 36.9 Å². The average molecular weight is 455 g/mol. The second-order valence-corrected chi connectivity index (χ2v) is 8.54. The van der Waals surface area contributed by atoms with Crippen molar-refractivity contribution in [2.24, 2.45) is 4.99 Å². The van der Waals surface area contributed by atoms with Gasteiger partial charge < -0.3 is 19.5 Å². The summed E-state index contributed by atoms with van der Waals surface area (Å²) < 4.78 is 16.0. The van der Waals surface area contributed by atoms with Crippen molar-refractivity contribution < 1.29 is 23.8 Å². The summed E-state index contributed by atoms with van der Waals surface area (Å²) in [7, 11) is 1.51. The van der Waals surface area contributed by atoms with E-state index >= 15 is 0 Å². The zero-order valence-electron chi connectivity index (χ0n) is 18.7. The van der Waals surface area contributed by atoms with Gasteiger partial charge in [-0.1, -0.05) is 23.8 Å². The highest BCUT2D eigenvalue weighted by Gasteiger charge is 2.24. The number of rotatable bonds is 7. The SMILES string of the molecule is COc1cc(/C=C2/SC(=Nc3ccc(C)cc3C)NC2=O)ccc1OCC(=O)OC(C)C. The highest BCUT2D eigenvalue weighted by molar-refractivity contribution is 8.18. The summed E-state index contributed by atoms with van der Waals surface area (Å²) in [4.78, 5) is 29.2. The summed E-state index contributed by atoms with van der Waals surface area (Å²) >= 11 is 1.28. The van der Waals surface area contributed by atoms with Gasteiger partial charge in [-0.05, 0) is 74.9 Å². The molecule has 1 fully saturated rings. The van der Waals surface area contributed by atoms with Gasteiger partial charge in [0.25, 0.3) is 5.91 Å². The van der Waals surface area contributed by atoms with Gasteiger partial charge in [0.1, 0.15) is 0 Å². The van der Waals surface area contributed by atoms with Crippen LogP contribution in [0.5, 0.6) is 11.5 Å². The largest absolute Gasteiger partial charge is 0.493 e. The maximum atomic E-state index is 12.4. The van der Waals surface area contributed by atoms with Gasteiger partial charge in [0.15, 0.2) is 23.3 Å². The van der Waals surface area contributed by atoms with Crippen LogP contribution >= 0.6 is 11.8 Å². The number of nitrogens with zero attached hydrogens (tertiary/aromatic N) is 1. The molecule has 2 aromatic carbocycles. The Bertz CT molecular complexity index is 1090. The van der Waals surface area contributed by atoms with Gasteiger partial charge in [0.05, 0.1) is 23.8 Å². The summed E-state index contributed by atoms with van der Waals surface area (Å²) in [6.45, 7) is 7.35. The summed E-state index contributed by atoms with van der Waals surface area (Å²) in [5.74, 6) is 0.192. The van der Waals surface area contributed by atoms with Crippen molar-refractivity contribution in [3.8, 4) is 11.5 Å². The van der Waals surface area contributed by atoms with Crippen LogP contribution in [0.4, 0.5) is 5.69 Å². The van der Waals surface area contributed by atoms with E-state index in [2.05, 4.69) is 16.4 Å². The molecule has 2 aromatic rings. The number of amides is 1. The van der Waals surface area contributed by atoms with E-state index < -0.39 is 5.97 Å². The van der Waals surface area contributed by atoms with Crippen LogP contribution in [0.2, 0.25) is 0 Å². The van der Waals surface area contributed by atoms with Crippen LogP contribution < -0.4 is 14.8 Å². The molecule has 7 nitrogen and oxygen atoms in total. The van der Waals surface area contributed by atoms with Crippen molar-refractivity contribution in [1.29, 1.82) is 0 Å². The number of hydrogen-bond donors (Lipinski definition) is 1. The lowest BCUT2D eigenvalue weighted by molar-refractivity contribution is -0.149. The van der Waals surface area contributed by atoms with Gasteiger partial charge in [0.2, 0.25) is 0 Å². The van der Waals surface area contributed by atoms with Crippen molar-refractivity contribution in [3.63, 3.8) is 0 Å². The summed E-state index contributed by atoms with van der Waals surface area (Å²) in [5, 5.41) is 3.33. The zero-order valence-corrected chi connectivity index (χ0v) is 19.5. The minimum Gasteiger partial charge on any atom is -0.493 e. The zero-order chi connectivity index (χ0) is 23.3. The van der Waals surface area contributed by atoms with Crippen LogP contribution in [0.3, 0.4) is 0 Å². The molecule has 0 aromatic heterocycles. The first kappa shape index (κ1) is 23.4. The summed E-state index contributed by atoms with van der Waals surface area (Å²) in [6.07, 6.45) is 1.55. The van der Waals surface area contributed by atoms with Gasteiger partial charge in [-0.25, -0.2) is 9.79 Å². The average Bonchev–Trinajstić information content (AvgIpc) is 3.07. The van der Waals surface area contributed by atoms with Crippen LogP contribution in [0, 0.1) is 13.8 Å². The Morgan fingerprint density at radius 2 is 1.94 bits per heavy atom. The van der Waals surface area contributed by atoms with E-state index in [0.29, 0.717) is 21.6 Å². The molecular formula is C24H26N2O5S. The van der Waals surface area contributed by atoms with Gasteiger partial charge in [-0.15, -0.1) is 0 Å². The van der Waals surface area contributed by atoms with Gasteiger partial charge in [-0.2, -0.15) is 0 Å². The Balaban J connectivity index is 1.74. The molecule has 1 saturated heterocycles. The second kappa shape index (κ2) is 10.4. The molecule has 0 aliphatic carbocycles. The number of methoxy groups -OCH3 is 1. The van der Waals surface area contributed by atoms with E-state index in [9.17, 15) is 9.59 Å². The maximum Gasteiger partial charge on any atom is 0.344 e. The quantitative estimate of drug-likeness (QED) is 0.489. The van der Waals surface area contributed by atoms with Crippen LogP contribution in [0.15, 0.2) is 46.3 Å². The van der Waals surface area contributed by atoms with E-state index in [1.165, 1.54) is 18.9 Å². The van der Waals surface area contributed by atoms with Crippen LogP contribution in [0.1, 0.15) is 30.5 Å². The van der Waals surface area contributed by atoms with Crippen LogP contribution in [0.25, 0.3) is 6.08 Å². The summed E-state index contributed by atoms with van der Waals surface area (Å²) in [5.41, 5.74) is 3.78. The monoisotopic (exact) mass is 454 g/mol. The van der Waals surface area contributed by atoms with Gasteiger partial charge >= 0.3 is 5.97 Å². The molecule has 1 amide bonds. The molecule has 0 spiro atoms. The number of ether oxygens (including phenoxy) is 3. The number of carbonyl (C=O) groups excluding carboxylic acids is 2. The van der Waals surface area contributed by atoms with E-state index in [1.807, 2.05) is 26.0 Å². The molecule has 1 aliphatic rings. The minimum atomic E-state index is -0.456. The number of amidine groups is 1. The second-order valence-electron chi connectivity index (χ2n) is 7.51. The number of aryl methyl sites for hydroxylation is 2. The molecule has 32 heavy (non-hydrogen) atoms. The lowest BCUT2D eigenvalue weighted by Gasteiger charge is -2.12. The van der Waals surface area contributed by atoms with Crippen molar-refractivity contribution in [2.75, 3.05) is 13.7 Å². The lowest BCUT2D eigenvalue weighted by atomic mass is 10.1. The molecule has 8 heteroatoms. The molecule has 0 bridgehead atoms. The molecule has 0 radical (unpaired) electrons. The molecule has 0 saturated carbocycles. The van der Waals surface area contributed by atoms with Crippen molar-refractivity contribution in [1.82, 2.24) is 5.32 Å². The molecule has 3 rings (SSSR count). The number of benzene rings is 2. The van der Waals surface area contributed by atoms with E-state index in [4.69, 9.17) is 14.2 Å². The third-order valence-electron chi connectivity index (χ3n) is 4.42. The van der Waals surface area contributed by atoms with Crippen molar-refractivity contribution in [3.05, 3.63) is 58.0 Å². The molecule has 168 valence electrons. The van der Waals surface area contributed by atoms with Gasteiger partial charge in [-0.3, -0.25) is 4.79 Å². The van der Waals surface area contributed by atoms with Crippen LogP contribution in [-0.2, 0) is 14.3 Å². The Labute approximate surface area is 191 Å². The minimum absolute atomic E-state index is 0.208. The topological polar surface area (TPSA) is 86.2 Å². The Hall–Kier alpha value is -3.26. The Morgan fingerprint density at radius 1 is 1.16 bits per heavy atom. The molecule has 0 atom stereocenters. The number of thioether (sulfide) groups is 1. The molecule has 1 heterocycles. The third kappa shape index (κ3) is 6.13. The maximum absolute atomic E-state index is 12.4. The fraction of sp³-hybridized carbons (Fsp3) is 0.292. The van der Waals surface area contributed by atoms with E-state index in [-0.39, 0.29) is 18.6 Å². The third-order valence-corrected chi connectivity index (χ3v) is 5.33. The highest BCUT2D eigenvalue weighted by atomic mass is 32.2. The number of esters is 1. The predicted molar refractivity (Wildman–Crippen MR) is 126 cm³/mol. The fourth-order valence-electron chi connectivity index (χ4n) is 3.00. The first-order chi connectivity index (χ1) is 15.2. The smallest absolute Gasteiger partial charge is 0.344 e. The molecule has 0 unspecified atom stereocenters. The van der Waals surface area contributed by atoms with Gasteiger partial charge in [0, 0.05) is 0 Å². The fourth-order valence-corrected chi connectivity index (χ4v) is 3.83. The summed E-state index contributed by atoms with van der Waals surface area (Å²) in [6, 6.07) is 11.2. The normalized spacial score (nSPS) is 15.9. The number of aliphatic imine (C=N–C) groups is 1. The van der Waals surface area contributed by atoms with Crippen molar-refractivity contribution in [2.45, 2.75) is 33.8 Å².